The van der Waals surface area contributed by atoms with Crippen LogP contribution in [0.15, 0.2) is 24.3 Å². The van der Waals surface area contributed by atoms with Crippen LogP contribution in [0.2, 0.25) is 0 Å². The zero-order valence-electron chi connectivity index (χ0n) is 11.1. The lowest BCUT2D eigenvalue weighted by Gasteiger charge is -2.21. The van der Waals surface area contributed by atoms with Crippen molar-refractivity contribution in [2.24, 2.45) is 5.84 Å². The first-order valence-electron chi connectivity index (χ1n) is 5.90. The number of nitrogens with one attached hydrogen (secondary N) is 1. The Labute approximate surface area is 104 Å². The molecule has 96 valence electrons. The van der Waals surface area contributed by atoms with Gasteiger partial charge in [0.25, 0.3) is 0 Å². The summed E-state index contributed by atoms with van der Waals surface area (Å²) in [7, 11) is 4.06. The third kappa shape index (κ3) is 4.73. The fraction of sp³-hybridized carbons (Fsp3) is 0.538. The number of hydrogen-bond acceptors (Lipinski definition) is 4. The molecular formula is C13H23N3O. The summed E-state index contributed by atoms with van der Waals surface area (Å²) in [5.74, 6) is 6.46. The lowest BCUT2D eigenvalue weighted by atomic mass is 10.1. The van der Waals surface area contributed by atoms with Gasteiger partial charge in [-0.05, 0) is 45.6 Å². The second-order valence-electron chi connectivity index (χ2n) is 4.72. The second kappa shape index (κ2) is 6.59. The Balaban J connectivity index is 2.70. The lowest BCUT2D eigenvalue weighted by molar-refractivity contribution is 0.242. The second-order valence-corrected chi connectivity index (χ2v) is 4.72. The average molecular weight is 237 g/mol. The van der Waals surface area contributed by atoms with Crippen molar-refractivity contribution in [2.45, 2.75) is 26.0 Å². The minimum atomic E-state index is 0.137. The minimum absolute atomic E-state index is 0.137. The number of hydrogen-bond donors (Lipinski definition) is 2. The molecule has 1 atom stereocenters. The molecule has 1 aromatic rings. The van der Waals surface area contributed by atoms with Crippen molar-refractivity contribution in [3.05, 3.63) is 29.8 Å². The summed E-state index contributed by atoms with van der Waals surface area (Å²) in [4.78, 5) is 2.10. The molecule has 0 heterocycles. The maximum absolute atomic E-state index is 5.60. The highest BCUT2D eigenvalue weighted by atomic mass is 16.5. The van der Waals surface area contributed by atoms with Crippen LogP contribution in [-0.4, -0.2) is 31.6 Å². The van der Waals surface area contributed by atoms with Crippen LogP contribution in [0.25, 0.3) is 0 Å². The molecule has 0 amide bonds. The van der Waals surface area contributed by atoms with E-state index in [4.69, 9.17) is 10.6 Å². The van der Waals surface area contributed by atoms with Gasteiger partial charge in [-0.2, -0.15) is 0 Å². The van der Waals surface area contributed by atoms with Gasteiger partial charge < -0.3 is 9.64 Å². The largest absolute Gasteiger partial charge is 0.491 e. The third-order valence-electron chi connectivity index (χ3n) is 2.40. The summed E-state index contributed by atoms with van der Waals surface area (Å²) in [5.41, 5.74) is 3.99. The predicted molar refractivity (Wildman–Crippen MR) is 70.8 cm³/mol. The van der Waals surface area contributed by atoms with Crippen molar-refractivity contribution in [3.63, 3.8) is 0 Å². The minimum Gasteiger partial charge on any atom is -0.491 e. The lowest BCUT2D eigenvalue weighted by Crippen LogP contribution is -2.35. The fourth-order valence-electron chi connectivity index (χ4n) is 1.67. The van der Waals surface area contributed by atoms with Crippen molar-refractivity contribution >= 4 is 0 Å². The first-order valence-corrected chi connectivity index (χ1v) is 5.90. The SMILES string of the molecule is CC(C)Oc1ccc(C(CN(C)C)NN)cc1. The molecule has 0 fully saturated rings. The van der Waals surface area contributed by atoms with Crippen LogP contribution in [0.3, 0.4) is 0 Å². The molecule has 1 rings (SSSR count). The Bertz CT molecular complexity index is 322. The zero-order chi connectivity index (χ0) is 12.8. The van der Waals surface area contributed by atoms with Gasteiger partial charge in [0, 0.05) is 6.54 Å². The van der Waals surface area contributed by atoms with E-state index in [1.807, 2.05) is 52.2 Å². The van der Waals surface area contributed by atoms with Gasteiger partial charge in [-0.25, -0.2) is 0 Å². The molecule has 1 unspecified atom stereocenters. The van der Waals surface area contributed by atoms with E-state index in [1.54, 1.807) is 0 Å². The molecule has 1 aromatic carbocycles. The Kier molecular flexibility index (Phi) is 5.41. The summed E-state index contributed by atoms with van der Waals surface area (Å²) in [5, 5.41) is 0. The van der Waals surface area contributed by atoms with Crippen molar-refractivity contribution < 1.29 is 4.74 Å². The molecular weight excluding hydrogens is 214 g/mol. The quantitative estimate of drug-likeness (QED) is 0.582. The van der Waals surface area contributed by atoms with Crippen molar-refractivity contribution in [3.8, 4) is 5.75 Å². The van der Waals surface area contributed by atoms with Crippen LogP contribution >= 0.6 is 0 Å². The Hall–Kier alpha value is -1.10. The first kappa shape index (κ1) is 14.0. The summed E-state index contributed by atoms with van der Waals surface area (Å²) >= 11 is 0. The maximum Gasteiger partial charge on any atom is 0.119 e. The molecule has 17 heavy (non-hydrogen) atoms. The van der Waals surface area contributed by atoms with Gasteiger partial charge in [0.2, 0.25) is 0 Å². The van der Waals surface area contributed by atoms with E-state index in [0.717, 1.165) is 17.9 Å². The summed E-state index contributed by atoms with van der Waals surface area (Å²) in [6.07, 6.45) is 0.200. The van der Waals surface area contributed by atoms with E-state index in [2.05, 4.69) is 10.3 Å². The van der Waals surface area contributed by atoms with Gasteiger partial charge in [0.15, 0.2) is 0 Å². The zero-order valence-corrected chi connectivity index (χ0v) is 11.1. The first-order chi connectivity index (χ1) is 8.02. The highest BCUT2D eigenvalue weighted by molar-refractivity contribution is 5.29. The molecule has 0 radical (unpaired) electrons. The summed E-state index contributed by atoms with van der Waals surface area (Å²) in [6.45, 7) is 4.90. The van der Waals surface area contributed by atoms with Crippen LogP contribution in [0.5, 0.6) is 5.75 Å². The molecule has 0 bridgehead atoms. The van der Waals surface area contributed by atoms with Crippen LogP contribution in [0.1, 0.15) is 25.5 Å². The van der Waals surface area contributed by atoms with E-state index in [9.17, 15) is 0 Å². The smallest absolute Gasteiger partial charge is 0.119 e. The summed E-state index contributed by atoms with van der Waals surface area (Å²) < 4.78 is 5.60. The van der Waals surface area contributed by atoms with Gasteiger partial charge in [0.05, 0.1) is 12.1 Å². The number of ether oxygens (including phenoxy) is 1. The molecule has 0 spiro atoms. The van der Waals surface area contributed by atoms with Crippen molar-refractivity contribution in [2.75, 3.05) is 20.6 Å². The van der Waals surface area contributed by atoms with Crippen LogP contribution in [0.4, 0.5) is 0 Å². The standard InChI is InChI=1S/C13H23N3O/c1-10(2)17-12-7-5-11(6-8-12)13(15-14)9-16(3)4/h5-8,10,13,15H,9,14H2,1-4H3. The van der Waals surface area contributed by atoms with Gasteiger partial charge in [0.1, 0.15) is 5.75 Å². The maximum atomic E-state index is 5.60. The van der Waals surface area contributed by atoms with E-state index in [1.165, 1.54) is 0 Å². The molecule has 0 aromatic heterocycles. The van der Waals surface area contributed by atoms with Gasteiger partial charge >= 0.3 is 0 Å². The molecule has 0 saturated carbocycles. The number of likely N-dealkylation sites (N-methyl/N-ethyl adjacent to an activating group) is 1. The average Bonchev–Trinajstić information content (AvgIpc) is 2.26. The molecule has 0 aliphatic heterocycles. The van der Waals surface area contributed by atoms with Crippen molar-refractivity contribution in [1.29, 1.82) is 0 Å². The Morgan fingerprint density at radius 3 is 2.24 bits per heavy atom. The number of benzene rings is 1. The van der Waals surface area contributed by atoms with E-state index in [-0.39, 0.29) is 12.1 Å². The topological polar surface area (TPSA) is 50.5 Å². The molecule has 0 saturated heterocycles. The third-order valence-corrected chi connectivity index (χ3v) is 2.40. The van der Waals surface area contributed by atoms with E-state index < -0.39 is 0 Å². The predicted octanol–water partition coefficient (Wildman–Crippen LogP) is 1.54. The monoisotopic (exact) mass is 237 g/mol. The molecule has 4 nitrogen and oxygen atoms in total. The van der Waals surface area contributed by atoms with Crippen LogP contribution < -0.4 is 16.0 Å². The highest BCUT2D eigenvalue weighted by Gasteiger charge is 2.10. The Morgan fingerprint density at radius 2 is 1.82 bits per heavy atom. The number of nitrogens with two attached hydrogens (primary N) is 1. The van der Waals surface area contributed by atoms with Gasteiger partial charge in [-0.1, -0.05) is 12.1 Å². The van der Waals surface area contributed by atoms with Gasteiger partial charge in [-0.15, -0.1) is 0 Å². The number of rotatable bonds is 6. The molecule has 4 heteroatoms. The van der Waals surface area contributed by atoms with Crippen LogP contribution in [-0.2, 0) is 0 Å². The number of nitrogens with zero attached hydrogens (tertiary/aromatic N) is 1. The van der Waals surface area contributed by atoms with E-state index in [0.29, 0.717) is 0 Å². The van der Waals surface area contributed by atoms with Crippen molar-refractivity contribution in [1.82, 2.24) is 10.3 Å². The Morgan fingerprint density at radius 1 is 1.24 bits per heavy atom. The fourth-order valence-corrected chi connectivity index (χ4v) is 1.67. The van der Waals surface area contributed by atoms with Gasteiger partial charge in [-0.3, -0.25) is 11.3 Å². The van der Waals surface area contributed by atoms with Crippen LogP contribution in [0, 0.1) is 0 Å². The molecule has 3 N–H and O–H groups in total. The van der Waals surface area contributed by atoms with E-state index >= 15 is 0 Å². The normalized spacial score (nSPS) is 13.1. The molecule has 0 aliphatic rings. The highest BCUT2D eigenvalue weighted by Crippen LogP contribution is 2.18. The number of hydrazine groups is 1. The molecule has 0 aliphatic carbocycles. The summed E-state index contributed by atoms with van der Waals surface area (Å²) in [6, 6.07) is 8.19.